The van der Waals surface area contributed by atoms with Crippen LogP contribution in [-0.4, -0.2) is 43.0 Å². The lowest BCUT2D eigenvalue weighted by molar-refractivity contribution is 0.0674. The zero-order valence-electron chi connectivity index (χ0n) is 18.7. The molecule has 0 unspecified atom stereocenters. The number of H-pyrrole nitrogens is 1. The van der Waals surface area contributed by atoms with Crippen LogP contribution >= 0.6 is 0 Å². The quantitative estimate of drug-likeness (QED) is 0.471. The minimum absolute atomic E-state index is 0.0567. The summed E-state index contributed by atoms with van der Waals surface area (Å²) < 4.78 is 20.3. The van der Waals surface area contributed by atoms with E-state index in [0.29, 0.717) is 24.3 Å². The molecule has 1 aliphatic heterocycles. The third-order valence-corrected chi connectivity index (χ3v) is 5.86. The highest BCUT2D eigenvalue weighted by Crippen LogP contribution is 2.36. The molecule has 1 aromatic carbocycles. The number of fused-ring (bicyclic) bond motifs is 1. The third-order valence-electron chi connectivity index (χ3n) is 5.86. The number of aromatic nitrogens is 4. The predicted octanol–water partition coefficient (Wildman–Crippen LogP) is 3.57. The first kappa shape index (κ1) is 21.6. The lowest BCUT2D eigenvalue weighted by Crippen LogP contribution is -2.46. The fourth-order valence-corrected chi connectivity index (χ4v) is 4.48. The number of rotatable bonds is 5. The molecule has 0 radical (unpaired) electrons. The van der Waals surface area contributed by atoms with Crippen LogP contribution in [0.4, 0.5) is 10.4 Å². The second-order valence-corrected chi connectivity index (χ2v) is 8.88. The summed E-state index contributed by atoms with van der Waals surface area (Å²) in [7, 11) is 0. The summed E-state index contributed by atoms with van der Waals surface area (Å²) in [5, 5.41) is 7.26. The molecule has 0 aliphatic carbocycles. The standard InChI is InChI=1S/C24H23FN6O3/c1-24(2)14-30(22(33)18-4-3-9-26-18)13-17-19(21(32)28-23-27-10-11-34-23)29-31(20(17)24)12-15-5-7-16(25)8-6-15/h3-11,26H,12-14H2,1-2H3,(H,27,28,32). The van der Waals surface area contributed by atoms with Gasteiger partial charge in [0.1, 0.15) is 17.8 Å². The molecule has 3 aromatic heterocycles. The molecule has 0 spiro atoms. The lowest BCUT2D eigenvalue weighted by Gasteiger charge is -2.38. The Morgan fingerprint density at radius 1 is 1.24 bits per heavy atom. The van der Waals surface area contributed by atoms with Crippen LogP contribution in [-0.2, 0) is 18.5 Å². The number of nitrogens with zero attached hydrogens (tertiary/aromatic N) is 4. The maximum atomic E-state index is 13.4. The molecule has 174 valence electrons. The molecule has 1 aliphatic rings. The first-order valence-corrected chi connectivity index (χ1v) is 10.8. The van der Waals surface area contributed by atoms with Gasteiger partial charge in [-0.25, -0.2) is 9.37 Å². The number of nitrogens with one attached hydrogen (secondary N) is 2. The number of hydrogen-bond donors (Lipinski definition) is 2. The number of carbonyl (C=O) groups excluding carboxylic acids is 2. The number of benzene rings is 1. The van der Waals surface area contributed by atoms with Gasteiger partial charge in [0, 0.05) is 23.7 Å². The fraction of sp³-hybridized carbons (Fsp3) is 0.250. The Morgan fingerprint density at radius 3 is 2.71 bits per heavy atom. The SMILES string of the molecule is CC1(C)CN(C(=O)c2ccc[nH]2)Cc2c(C(=O)Nc3ncco3)nn(Cc3ccc(F)cc3)c21. The molecule has 0 atom stereocenters. The van der Waals surface area contributed by atoms with Crippen molar-refractivity contribution < 1.29 is 18.4 Å². The first-order valence-electron chi connectivity index (χ1n) is 10.8. The summed E-state index contributed by atoms with van der Waals surface area (Å²) in [6.45, 7) is 5.03. The summed E-state index contributed by atoms with van der Waals surface area (Å²) in [6.07, 6.45) is 4.49. The Kier molecular flexibility index (Phi) is 5.27. The minimum atomic E-state index is -0.510. The van der Waals surface area contributed by atoms with Crippen molar-refractivity contribution in [1.82, 2.24) is 24.6 Å². The molecule has 10 heteroatoms. The van der Waals surface area contributed by atoms with Gasteiger partial charge in [0.25, 0.3) is 11.8 Å². The molecule has 0 saturated heterocycles. The molecule has 4 heterocycles. The number of oxazole rings is 1. The zero-order valence-corrected chi connectivity index (χ0v) is 18.7. The predicted molar refractivity (Wildman–Crippen MR) is 121 cm³/mol. The van der Waals surface area contributed by atoms with E-state index in [1.807, 2.05) is 13.8 Å². The molecule has 9 nitrogen and oxygen atoms in total. The molecule has 0 fully saturated rings. The second-order valence-electron chi connectivity index (χ2n) is 8.88. The number of hydrogen-bond acceptors (Lipinski definition) is 5. The highest BCUT2D eigenvalue weighted by atomic mass is 19.1. The van der Waals surface area contributed by atoms with Crippen LogP contribution in [0.3, 0.4) is 0 Å². The van der Waals surface area contributed by atoms with Crippen LogP contribution in [0.25, 0.3) is 0 Å². The van der Waals surface area contributed by atoms with Gasteiger partial charge >= 0.3 is 6.01 Å². The van der Waals surface area contributed by atoms with Crippen LogP contribution in [0.5, 0.6) is 0 Å². The summed E-state index contributed by atoms with van der Waals surface area (Å²) in [5.74, 6) is -0.966. The zero-order chi connectivity index (χ0) is 23.9. The Bertz CT molecular complexity index is 1320. The number of carbonyl (C=O) groups is 2. The van der Waals surface area contributed by atoms with Crippen molar-refractivity contribution in [2.45, 2.75) is 32.4 Å². The molecule has 34 heavy (non-hydrogen) atoms. The maximum absolute atomic E-state index is 13.4. The molecular formula is C24H23FN6O3. The average Bonchev–Trinajstić information content (AvgIpc) is 3.56. The van der Waals surface area contributed by atoms with Gasteiger partial charge < -0.3 is 14.3 Å². The summed E-state index contributed by atoms with van der Waals surface area (Å²) in [6, 6.07) is 9.70. The Morgan fingerprint density at radius 2 is 2.03 bits per heavy atom. The van der Waals surface area contributed by atoms with E-state index in [2.05, 4.69) is 20.4 Å². The van der Waals surface area contributed by atoms with Crippen molar-refractivity contribution in [3.8, 4) is 0 Å². The number of aromatic amines is 1. The van der Waals surface area contributed by atoms with Crippen molar-refractivity contribution in [1.29, 1.82) is 0 Å². The van der Waals surface area contributed by atoms with E-state index >= 15 is 0 Å². The number of halogens is 1. The van der Waals surface area contributed by atoms with Crippen molar-refractivity contribution in [2.24, 2.45) is 0 Å². The molecule has 2 N–H and O–H groups in total. The Hall–Kier alpha value is -4.21. The highest BCUT2D eigenvalue weighted by Gasteiger charge is 2.41. The van der Waals surface area contributed by atoms with Gasteiger partial charge in [0.15, 0.2) is 5.69 Å². The topological polar surface area (TPSA) is 109 Å². The lowest BCUT2D eigenvalue weighted by atomic mass is 9.82. The van der Waals surface area contributed by atoms with Crippen LogP contribution in [0.2, 0.25) is 0 Å². The molecular weight excluding hydrogens is 439 g/mol. The van der Waals surface area contributed by atoms with Crippen molar-refractivity contribution >= 4 is 17.8 Å². The number of anilines is 1. The van der Waals surface area contributed by atoms with Crippen LogP contribution in [0.15, 0.2) is 59.5 Å². The maximum Gasteiger partial charge on any atom is 0.301 e. The van der Waals surface area contributed by atoms with Gasteiger partial charge in [-0.05, 0) is 29.8 Å². The van der Waals surface area contributed by atoms with Gasteiger partial charge in [0.2, 0.25) is 0 Å². The molecule has 4 aromatic rings. The second kappa shape index (κ2) is 8.29. The van der Waals surface area contributed by atoms with E-state index in [9.17, 15) is 14.0 Å². The van der Waals surface area contributed by atoms with Crippen LogP contribution in [0.1, 0.15) is 51.6 Å². The van der Waals surface area contributed by atoms with Crippen molar-refractivity contribution in [2.75, 3.05) is 11.9 Å². The van der Waals surface area contributed by atoms with E-state index in [-0.39, 0.29) is 30.0 Å². The fourth-order valence-electron chi connectivity index (χ4n) is 4.48. The van der Waals surface area contributed by atoms with Gasteiger partial charge in [-0.2, -0.15) is 5.10 Å². The molecule has 5 rings (SSSR count). The Labute approximate surface area is 194 Å². The van der Waals surface area contributed by atoms with Gasteiger partial charge in [0.05, 0.1) is 25.0 Å². The van der Waals surface area contributed by atoms with E-state index in [0.717, 1.165) is 11.3 Å². The summed E-state index contributed by atoms with van der Waals surface area (Å²) in [5.41, 5.74) is 2.50. The third kappa shape index (κ3) is 3.98. The smallest absolute Gasteiger partial charge is 0.301 e. The summed E-state index contributed by atoms with van der Waals surface area (Å²) >= 11 is 0. The minimum Gasteiger partial charge on any atom is -0.432 e. The van der Waals surface area contributed by atoms with Crippen LogP contribution in [0, 0.1) is 5.82 Å². The van der Waals surface area contributed by atoms with E-state index in [1.165, 1.54) is 24.6 Å². The van der Waals surface area contributed by atoms with Gasteiger partial charge in [-0.1, -0.05) is 26.0 Å². The molecule has 0 bridgehead atoms. The van der Waals surface area contributed by atoms with Crippen molar-refractivity contribution in [3.63, 3.8) is 0 Å². The molecule has 0 saturated carbocycles. The average molecular weight is 462 g/mol. The summed E-state index contributed by atoms with van der Waals surface area (Å²) in [4.78, 5) is 34.9. The van der Waals surface area contributed by atoms with Crippen LogP contribution < -0.4 is 5.32 Å². The van der Waals surface area contributed by atoms with Gasteiger partial charge in [-0.15, -0.1) is 0 Å². The highest BCUT2D eigenvalue weighted by molar-refractivity contribution is 6.03. The largest absolute Gasteiger partial charge is 0.432 e. The van der Waals surface area contributed by atoms with E-state index in [4.69, 9.17) is 4.42 Å². The first-order chi connectivity index (χ1) is 16.3. The number of amides is 2. The van der Waals surface area contributed by atoms with Gasteiger partial charge in [-0.3, -0.25) is 19.6 Å². The monoisotopic (exact) mass is 462 g/mol. The van der Waals surface area contributed by atoms with E-state index < -0.39 is 11.3 Å². The normalized spacial score (nSPS) is 14.6. The van der Waals surface area contributed by atoms with Crippen molar-refractivity contribution in [3.05, 3.63) is 89.1 Å². The van der Waals surface area contributed by atoms with E-state index in [1.54, 1.807) is 40.0 Å². The molecule has 2 amide bonds. The Balaban J connectivity index is 1.56.